The molecule has 1 aromatic heterocycles. The van der Waals surface area contributed by atoms with E-state index in [1.165, 1.54) is 0 Å². The number of nitrogens with zero attached hydrogens (tertiary/aromatic N) is 1. The Kier molecular flexibility index (Phi) is 10.1. The number of hydrogen-bond acceptors (Lipinski definition) is 5. The zero-order valence-electron chi connectivity index (χ0n) is 16.0. The number of carbonyl (C=O) groups is 1. The second-order valence-electron chi connectivity index (χ2n) is 6.41. The van der Waals surface area contributed by atoms with Gasteiger partial charge in [-0.15, -0.1) is 24.8 Å². The summed E-state index contributed by atoms with van der Waals surface area (Å²) in [5.74, 6) is 2.36. The number of benzene rings is 1. The first kappa shape index (κ1) is 24.0. The molecule has 2 N–H and O–H groups in total. The molecule has 154 valence electrons. The Bertz CT molecular complexity index is 740. The van der Waals surface area contributed by atoms with Crippen molar-refractivity contribution in [1.29, 1.82) is 0 Å². The minimum Gasteiger partial charge on any atom is -0.490 e. The summed E-state index contributed by atoms with van der Waals surface area (Å²) in [7, 11) is 0. The molecule has 1 aliphatic heterocycles. The topological polar surface area (TPSA) is 72.5 Å². The lowest BCUT2D eigenvalue weighted by atomic mass is 9.88. The van der Waals surface area contributed by atoms with Crippen molar-refractivity contribution in [3.63, 3.8) is 0 Å². The molecule has 2 heterocycles. The second kappa shape index (κ2) is 11.7. The highest BCUT2D eigenvalue weighted by atomic mass is 35.5. The van der Waals surface area contributed by atoms with Gasteiger partial charge >= 0.3 is 0 Å². The van der Waals surface area contributed by atoms with E-state index in [1.54, 1.807) is 12.3 Å². The summed E-state index contributed by atoms with van der Waals surface area (Å²) in [5, 5.41) is 6.17. The Labute approximate surface area is 178 Å². The Morgan fingerprint density at radius 1 is 1.21 bits per heavy atom. The van der Waals surface area contributed by atoms with E-state index in [0.29, 0.717) is 36.4 Å². The molecule has 28 heavy (non-hydrogen) atoms. The Hall–Kier alpha value is -2.02. The average molecular weight is 428 g/mol. The maximum absolute atomic E-state index is 12.2. The molecular weight excluding hydrogens is 401 g/mol. The van der Waals surface area contributed by atoms with Crippen molar-refractivity contribution in [1.82, 2.24) is 15.6 Å². The molecule has 1 fully saturated rings. The molecule has 1 atom stereocenters. The molecule has 0 bridgehead atoms. The van der Waals surface area contributed by atoms with E-state index in [1.807, 2.05) is 44.2 Å². The third kappa shape index (κ3) is 6.26. The molecule has 0 aliphatic carbocycles. The van der Waals surface area contributed by atoms with Crippen molar-refractivity contribution in [2.24, 2.45) is 11.8 Å². The monoisotopic (exact) mass is 427 g/mol. The molecule has 3 rings (SSSR count). The summed E-state index contributed by atoms with van der Waals surface area (Å²) >= 11 is 0. The van der Waals surface area contributed by atoms with Crippen molar-refractivity contribution in [2.75, 3.05) is 19.7 Å². The van der Waals surface area contributed by atoms with Gasteiger partial charge in [0.05, 0.1) is 6.61 Å². The van der Waals surface area contributed by atoms with Crippen LogP contribution in [-0.4, -0.2) is 30.6 Å². The Morgan fingerprint density at radius 2 is 1.93 bits per heavy atom. The number of carbonyl (C=O) groups excluding carboxylic acids is 1. The predicted molar refractivity (Wildman–Crippen MR) is 114 cm³/mol. The van der Waals surface area contributed by atoms with E-state index in [0.717, 1.165) is 18.7 Å². The van der Waals surface area contributed by atoms with Crippen LogP contribution < -0.4 is 20.1 Å². The number of rotatable bonds is 8. The van der Waals surface area contributed by atoms with Gasteiger partial charge in [0.2, 0.25) is 11.8 Å². The molecule has 1 amide bonds. The molecule has 0 saturated carbocycles. The molecule has 0 spiro atoms. The standard InChI is InChI=1S/C20H25N3O3.2ClH/c1-3-25-17-6-4-5-7-18(17)26-19-9-8-15(10-22-19)11-23-20(24)14(2)16-12-21-13-16;;/h4-10,14,16,21H,3,11-13H2,1-2H3,(H,23,24);2*1H. The van der Waals surface area contributed by atoms with Crippen LogP contribution in [0.2, 0.25) is 0 Å². The molecule has 1 unspecified atom stereocenters. The number of aromatic nitrogens is 1. The summed E-state index contributed by atoms with van der Waals surface area (Å²) in [6, 6.07) is 11.2. The quantitative estimate of drug-likeness (QED) is 0.673. The van der Waals surface area contributed by atoms with Gasteiger partial charge in [0.15, 0.2) is 11.5 Å². The zero-order chi connectivity index (χ0) is 18.4. The lowest BCUT2D eigenvalue weighted by Gasteiger charge is -2.31. The van der Waals surface area contributed by atoms with Crippen LogP contribution in [0.4, 0.5) is 0 Å². The maximum atomic E-state index is 12.2. The maximum Gasteiger partial charge on any atom is 0.223 e. The fourth-order valence-electron chi connectivity index (χ4n) is 2.73. The fraction of sp³-hybridized carbons (Fsp3) is 0.400. The van der Waals surface area contributed by atoms with Gasteiger partial charge in [0, 0.05) is 24.7 Å². The fourth-order valence-corrected chi connectivity index (χ4v) is 2.73. The van der Waals surface area contributed by atoms with E-state index in [4.69, 9.17) is 9.47 Å². The molecule has 6 nitrogen and oxygen atoms in total. The van der Waals surface area contributed by atoms with Crippen LogP contribution in [0.25, 0.3) is 0 Å². The first-order chi connectivity index (χ1) is 12.7. The lowest BCUT2D eigenvalue weighted by Crippen LogP contribution is -2.49. The normalized spacial score (nSPS) is 13.9. The van der Waals surface area contributed by atoms with Gasteiger partial charge in [-0.25, -0.2) is 4.98 Å². The number of amides is 1. The molecule has 8 heteroatoms. The number of halogens is 2. The third-order valence-electron chi connectivity index (χ3n) is 4.56. The average Bonchev–Trinajstić information content (AvgIpc) is 2.61. The van der Waals surface area contributed by atoms with Crippen molar-refractivity contribution in [3.8, 4) is 17.4 Å². The second-order valence-corrected chi connectivity index (χ2v) is 6.41. The molecule has 1 aromatic carbocycles. The van der Waals surface area contributed by atoms with Crippen LogP contribution in [0.3, 0.4) is 0 Å². The van der Waals surface area contributed by atoms with Crippen molar-refractivity contribution in [3.05, 3.63) is 48.2 Å². The third-order valence-corrected chi connectivity index (χ3v) is 4.56. The van der Waals surface area contributed by atoms with E-state index in [-0.39, 0.29) is 36.6 Å². The highest BCUT2D eigenvalue weighted by Crippen LogP contribution is 2.30. The Balaban J connectivity index is 0.00000196. The number of ether oxygens (including phenoxy) is 2. The van der Waals surface area contributed by atoms with Crippen molar-refractivity contribution in [2.45, 2.75) is 20.4 Å². The summed E-state index contributed by atoms with van der Waals surface area (Å²) in [6.07, 6.45) is 1.72. The van der Waals surface area contributed by atoms with Gasteiger partial charge in [-0.1, -0.05) is 25.1 Å². The van der Waals surface area contributed by atoms with E-state index in [9.17, 15) is 4.79 Å². The molecular formula is C20H27Cl2N3O3. The molecule has 1 aliphatic rings. The van der Waals surface area contributed by atoms with E-state index in [2.05, 4.69) is 15.6 Å². The van der Waals surface area contributed by atoms with Crippen LogP contribution in [0.5, 0.6) is 17.4 Å². The zero-order valence-corrected chi connectivity index (χ0v) is 17.6. The molecule has 1 saturated heterocycles. The van der Waals surface area contributed by atoms with Crippen molar-refractivity contribution < 1.29 is 14.3 Å². The summed E-state index contributed by atoms with van der Waals surface area (Å²) < 4.78 is 11.4. The summed E-state index contributed by atoms with van der Waals surface area (Å²) in [5.41, 5.74) is 0.933. The number of hydrogen-bond donors (Lipinski definition) is 2. The smallest absolute Gasteiger partial charge is 0.223 e. The number of nitrogens with one attached hydrogen (secondary N) is 2. The number of pyridine rings is 1. The van der Waals surface area contributed by atoms with Crippen molar-refractivity contribution >= 4 is 30.7 Å². The van der Waals surface area contributed by atoms with Crippen LogP contribution in [0.15, 0.2) is 42.6 Å². The van der Waals surface area contributed by atoms with Gasteiger partial charge in [-0.05, 0) is 43.6 Å². The minimum atomic E-state index is 0. The minimum absolute atomic E-state index is 0. The SMILES string of the molecule is CCOc1ccccc1Oc1ccc(CNC(=O)C(C)C2CNC2)cn1.Cl.Cl. The summed E-state index contributed by atoms with van der Waals surface area (Å²) in [6.45, 7) is 6.79. The first-order valence-electron chi connectivity index (χ1n) is 9.00. The lowest BCUT2D eigenvalue weighted by molar-refractivity contribution is -0.126. The highest BCUT2D eigenvalue weighted by molar-refractivity contribution is 5.85. The van der Waals surface area contributed by atoms with Gasteiger partial charge < -0.3 is 20.1 Å². The molecule has 0 radical (unpaired) electrons. The van der Waals surface area contributed by atoms with Crippen LogP contribution >= 0.6 is 24.8 Å². The Morgan fingerprint density at radius 3 is 2.50 bits per heavy atom. The largest absolute Gasteiger partial charge is 0.490 e. The highest BCUT2D eigenvalue weighted by Gasteiger charge is 2.28. The van der Waals surface area contributed by atoms with Crippen LogP contribution in [0, 0.1) is 11.8 Å². The van der Waals surface area contributed by atoms with Gasteiger partial charge in [0.25, 0.3) is 0 Å². The first-order valence-corrected chi connectivity index (χ1v) is 9.00. The number of para-hydroxylation sites is 2. The van der Waals surface area contributed by atoms with Gasteiger partial charge in [0.1, 0.15) is 0 Å². The molecule has 2 aromatic rings. The van der Waals surface area contributed by atoms with Crippen LogP contribution in [0.1, 0.15) is 19.4 Å². The van der Waals surface area contributed by atoms with E-state index >= 15 is 0 Å². The predicted octanol–water partition coefficient (Wildman–Crippen LogP) is 3.59. The summed E-state index contributed by atoms with van der Waals surface area (Å²) in [4.78, 5) is 16.5. The van der Waals surface area contributed by atoms with E-state index < -0.39 is 0 Å². The van der Waals surface area contributed by atoms with Crippen LogP contribution in [-0.2, 0) is 11.3 Å². The van der Waals surface area contributed by atoms with Gasteiger partial charge in [-0.3, -0.25) is 4.79 Å². The van der Waals surface area contributed by atoms with Gasteiger partial charge in [-0.2, -0.15) is 0 Å².